The van der Waals surface area contributed by atoms with E-state index in [4.69, 9.17) is 4.74 Å². The fraction of sp³-hybridized carbons (Fsp3) is 0.474. The molecule has 2 aromatic rings. The molecule has 1 heterocycles. The number of carbonyl (C=O) groups excluding carboxylic acids is 1. The van der Waals surface area contributed by atoms with Crippen molar-refractivity contribution in [3.05, 3.63) is 47.8 Å². The van der Waals surface area contributed by atoms with E-state index in [9.17, 15) is 4.79 Å². The number of nitrogens with zero attached hydrogens (tertiary/aromatic N) is 2. The summed E-state index contributed by atoms with van der Waals surface area (Å²) in [6.07, 6.45) is 4.38. The molecule has 25 heavy (non-hydrogen) atoms. The monoisotopic (exact) mass is 344 g/mol. The van der Waals surface area contributed by atoms with Crippen LogP contribution in [0.5, 0.6) is 0 Å². The van der Waals surface area contributed by atoms with Crippen LogP contribution in [0.2, 0.25) is 0 Å². The van der Waals surface area contributed by atoms with E-state index in [-0.39, 0.29) is 6.04 Å². The number of anilines is 1. The predicted molar refractivity (Wildman–Crippen MR) is 99.6 cm³/mol. The van der Waals surface area contributed by atoms with Gasteiger partial charge in [-0.25, -0.2) is 4.79 Å². The quantitative estimate of drug-likeness (QED) is 0.839. The van der Waals surface area contributed by atoms with Crippen LogP contribution in [-0.2, 0) is 18.2 Å². The van der Waals surface area contributed by atoms with Gasteiger partial charge in [-0.3, -0.25) is 10.00 Å². The molecule has 0 aliphatic carbocycles. The van der Waals surface area contributed by atoms with E-state index in [0.29, 0.717) is 0 Å². The van der Waals surface area contributed by atoms with Gasteiger partial charge in [0.05, 0.1) is 6.20 Å². The zero-order chi connectivity index (χ0) is 18.4. The van der Waals surface area contributed by atoms with Gasteiger partial charge in [0.1, 0.15) is 5.60 Å². The zero-order valence-corrected chi connectivity index (χ0v) is 15.7. The molecule has 6 nitrogen and oxygen atoms in total. The van der Waals surface area contributed by atoms with Gasteiger partial charge in [0.25, 0.3) is 0 Å². The van der Waals surface area contributed by atoms with Gasteiger partial charge >= 0.3 is 6.09 Å². The minimum Gasteiger partial charge on any atom is -0.444 e. The Morgan fingerprint density at radius 3 is 2.52 bits per heavy atom. The van der Waals surface area contributed by atoms with Gasteiger partial charge in [-0.1, -0.05) is 12.1 Å². The van der Waals surface area contributed by atoms with Crippen LogP contribution < -0.4 is 10.6 Å². The maximum atomic E-state index is 11.7. The van der Waals surface area contributed by atoms with Gasteiger partial charge in [-0.2, -0.15) is 5.10 Å². The molecule has 1 aromatic heterocycles. The number of ether oxygens (including phenoxy) is 1. The summed E-state index contributed by atoms with van der Waals surface area (Å²) in [7, 11) is 1.92. The van der Waals surface area contributed by atoms with E-state index in [1.54, 1.807) is 0 Å². The highest BCUT2D eigenvalue weighted by molar-refractivity contribution is 5.84. The fourth-order valence-electron chi connectivity index (χ4n) is 2.39. The lowest BCUT2D eigenvalue weighted by molar-refractivity contribution is 0.0636. The van der Waals surface area contributed by atoms with Crippen molar-refractivity contribution >= 4 is 11.8 Å². The van der Waals surface area contributed by atoms with Crippen molar-refractivity contribution in [3.8, 4) is 0 Å². The maximum Gasteiger partial charge on any atom is 0.412 e. The molecule has 136 valence electrons. The van der Waals surface area contributed by atoms with Gasteiger partial charge in [-0.05, 0) is 58.4 Å². The minimum absolute atomic E-state index is 0.266. The number of carbonyl (C=O) groups is 1. The molecule has 0 fully saturated rings. The average molecular weight is 344 g/mol. The first-order chi connectivity index (χ1) is 11.7. The van der Waals surface area contributed by atoms with Crippen molar-refractivity contribution in [2.45, 2.75) is 45.8 Å². The van der Waals surface area contributed by atoms with Crippen molar-refractivity contribution in [3.63, 3.8) is 0 Å². The van der Waals surface area contributed by atoms with Crippen LogP contribution in [0.4, 0.5) is 10.5 Å². The fourth-order valence-corrected chi connectivity index (χ4v) is 2.39. The lowest BCUT2D eigenvalue weighted by Gasteiger charge is -2.19. The summed E-state index contributed by atoms with van der Waals surface area (Å²) in [4.78, 5) is 11.7. The molecule has 2 rings (SSSR count). The number of rotatable bonds is 6. The van der Waals surface area contributed by atoms with E-state index < -0.39 is 11.7 Å². The van der Waals surface area contributed by atoms with Crippen LogP contribution in [-0.4, -0.2) is 28.0 Å². The Bertz CT molecular complexity index is 686. The summed E-state index contributed by atoms with van der Waals surface area (Å²) < 4.78 is 7.05. The van der Waals surface area contributed by atoms with Gasteiger partial charge in [0.15, 0.2) is 0 Å². The number of hydrogen-bond donors (Lipinski definition) is 2. The summed E-state index contributed by atoms with van der Waals surface area (Å²) in [6.45, 7) is 8.53. The Kier molecular flexibility index (Phi) is 6.20. The van der Waals surface area contributed by atoms with E-state index in [1.165, 1.54) is 11.1 Å². The molecule has 6 heteroatoms. The zero-order valence-electron chi connectivity index (χ0n) is 15.7. The normalized spacial score (nSPS) is 12.7. The Labute approximate surface area is 149 Å². The first kappa shape index (κ1) is 19.0. The molecule has 0 aliphatic heterocycles. The van der Waals surface area contributed by atoms with Crippen LogP contribution in [0, 0.1) is 0 Å². The number of aryl methyl sites for hydroxylation is 1. The van der Waals surface area contributed by atoms with Crippen molar-refractivity contribution in [2.75, 3.05) is 11.9 Å². The van der Waals surface area contributed by atoms with Crippen LogP contribution in [0.15, 0.2) is 36.7 Å². The highest BCUT2D eigenvalue weighted by Crippen LogP contribution is 2.14. The minimum atomic E-state index is -0.499. The third-order valence-electron chi connectivity index (χ3n) is 3.69. The summed E-state index contributed by atoms with van der Waals surface area (Å²) in [6, 6.07) is 8.08. The number of hydrogen-bond acceptors (Lipinski definition) is 4. The molecule has 0 unspecified atom stereocenters. The SMILES string of the molecule is C[C@H](NCCc1ccc(NC(=O)OC(C)(C)C)cc1)c1cnn(C)c1. The third-order valence-corrected chi connectivity index (χ3v) is 3.69. The Morgan fingerprint density at radius 2 is 1.96 bits per heavy atom. The molecule has 0 saturated heterocycles. The van der Waals surface area contributed by atoms with Crippen molar-refractivity contribution < 1.29 is 9.53 Å². The summed E-state index contributed by atoms with van der Waals surface area (Å²) in [5.41, 5.74) is 2.62. The standard InChI is InChI=1S/C19H28N4O2/c1-14(16-12-21-23(5)13-16)20-11-10-15-6-8-17(9-7-15)22-18(24)25-19(2,3)4/h6-9,12-14,20H,10-11H2,1-5H3,(H,22,24)/t14-/m0/s1. The molecule has 1 amide bonds. The van der Waals surface area contributed by atoms with Gasteiger partial charge in [0.2, 0.25) is 0 Å². The molecule has 0 saturated carbocycles. The predicted octanol–water partition coefficient (Wildman–Crippen LogP) is 3.66. The Balaban J connectivity index is 1.77. The highest BCUT2D eigenvalue weighted by Gasteiger charge is 2.16. The number of nitrogens with one attached hydrogen (secondary N) is 2. The molecule has 0 radical (unpaired) electrons. The molecule has 0 aliphatic rings. The van der Waals surface area contributed by atoms with Crippen molar-refractivity contribution in [1.82, 2.24) is 15.1 Å². The highest BCUT2D eigenvalue weighted by atomic mass is 16.6. The van der Waals surface area contributed by atoms with Gasteiger partial charge in [0, 0.05) is 30.5 Å². The summed E-state index contributed by atoms with van der Waals surface area (Å²) in [5, 5.41) is 10.4. The largest absolute Gasteiger partial charge is 0.444 e. The third kappa shape index (κ3) is 6.58. The molecule has 1 aromatic carbocycles. The second-order valence-electron chi connectivity index (χ2n) is 7.20. The summed E-state index contributed by atoms with van der Waals surface area (Å²) in [5.74, 6) is 0. The second-order valence-corrected chi connectivity index (χ2v) is 7.20. The Morgan fingerprint density at radius 1 is 1.28 bits per heavy atom. The second kappa shape index (κ2) is 8.16. The number of amides is 1. The molecule has 0 spiro atoms. The number of benzene rings is 1. The van der Waals surface area contributed by atoms with Crippen LogP contribution in [0.25, 0.3) is 0 Å². The van der Waals surface area contributed by atoms with Gasteiger partial charge in [-0.15, -0.1) is 0 Å². The van der Waals surface area contributed by atoms with Gasteiger partial charge < -0.3 is 10.1 Å². The van der Waals surface area contributed by atoms with Crippen LogP contribution >= 0.6 is 0 Å². The molecule has 1 atom stereocenters. The van der Waals surface area contributed by atoms with Crippen molar-refractivity contribution in [1.29, 1.82) is 0 Å². The maximum absolute atomic E-state index is 11.7. The smallest absolute Gasteiger partial charge is 0.412 e. The first-order valence-electron chi connectivity index (χ1n) is 8.54. The Hall–Kier alpha value is -2.34. The van der Waals surface area contributed by atoms with E-state index >= 15 is 0 Å². The molecular formula is C19H28N4O2. The first-order valence-corrected chi connectivity index (χ1v) is 8.54. The average Bonchev–Trinajstić information content (AvgIpc) is 2.93. The van der Waals surface area contributed by atoms with Crippen LogP contribution in [0.3, 0.4) is 0 Å². The summed E-state index contributed by atoms with van der Waals surface area (Å²) >= 11 is 0. The molecule has 0 bridgehead atoms. The van der Waals surface area contributed by atoms with E-state index in [0.717, 1.165) is 18.7 Å². The lowest BCUT2D eigenvalue weighted by Crippen LogP contribution is -2.27. The number of aromatic nitrogens is 2. The van der Waals surface area contributed by atoms with Crippen molar-refractivity contribution in [2.24, 2.45) is 7.05 Å². The molecular weight excluding hydrogens is 316 g/mol. The van der Waals surface area contributed by atoms with E-state index in [1.807, 2.05) is 69.2 Å². The topological polar surface area (TPSA) is 68.2 Å². The van der Waals surface area contributed by atoms with Crippen LogP contribution in [0.1, 0.15) is 44.9 Å². The molecule has 2 N–H and O–H groups in total. The van der Waals surface area contributed by atoms with E-state index in [2.05, 4.69) is 22.7 Å². The lowest BCUT2D eigenvalue weighted by atomic mass is 10.1.